The van der Waals surface area contributed by atoms with Crippen LogP contribution in [0.2, 0.25) is 5.02 Å². The highest BCUT2D eigenvalue weighted by Gasteiger charge is 2.21. The smallest absolute Gasteiger partial charge is 0.0727 e. The third-order valence-corrected chi connectivity index (χ3v) is 7.74. The largest absolute Gasteiger partial charge is 0.285 e. The molecule has 0 amide bonds. The topological polar surface area (TPSA) is 12.4 Å². The lowest BCUT2D eigenvalue weighted by atomic mass is 10.1. The minimum Gasteiger partial charge on any atom is -0.285 e. The van der Waals surface area contributed by atoms with E-state index in [0.717, 1.165) is 10.6 Å². The van der Waals surface area contributed by atoms with Gasteiger partial charge in [0.25, 0.3) is 0 Å². The van der Waals surface area contributed by atoms with E-state index >= 15 is 0 Å². The van der Waals surface area contributed by atoms with Crippen molar-refractivity contribution < 1.29 is 0 Å². The lowest BCUT2D eigenvalue weighted by Gasteiger charge is -2.23. The molecule has 0 aliphatic rings. The molecular formula is C27H23ClNP. The molecule has 0 unspecified atom stereocenters. The first-order chi connectivity index (χ1) is 14.7. The van der Waals surface area contributed by atoms with E-state index in [-0.39, 0.29) is 6.04 Å². The highest BCUT2D eigenvalue weighted by molar-refractivity contribution is 7.79. The summed E-state index contributed by atoms with van der Waals surface area (Å²) in [6.45, 7) is 2.16. The molecule has 1 atom stereocenters. The molecule has 4 rings (SSSR count). The summed E-state index contributed by atoms with van der Waals surface area (Å²) >= 11 is 6.00. The van der Waals surface area contributed by atoms with Gasteiger partial charge >= 0.3 is 0 Å². The summed E-state index contributed by atoms with van der Waals surface area (Å²) in [6, 6.07) is 38.1. The Morgan fingerprint density at radius 3 is 1.83 bits per heavy atom. The average Bonchev–Trinajstić information content (AvgIpc) is 2.80. The average molecular weight is 428 g/mol. The van der Waals surface area contributed by atoms with Crippen LogP contribution in [0.1, 0.15) is 24.1 Å². The quantitative estimate of drug-likeness (QED) is 0.254. The zero-order chi connectivity index (χ0) is 20.8. The third kappa shape index (κ3) is 4.87. The summed E-state index contributed by atoms with van der Waals surface area (Å²) in [5, 5.41) is 4.78. The molecular weight excluding hydrogens is 405 g/mol. The van der Waals surface area contributed by atoms with Crippen LogP contribution in [0, 0.1) is 0 Å². The number of halogens is 1. The van der Waals surface area contributed by atoms with Gasteiger partial charge in [0.1, 0.15) is 0 Å². The SMILES string of the molecule is C[C@H](N=Cc1ccc(Cl)cc1)c1ccccc1P(c1ccccc1)c1ccccc1. The van der Waals surface area contributed by atoms with Crippen LogP contribution >= 0.6 is 19.5 Å². The van der Waals surface area contributed by atoms with Crippen LogP contribution in [-0.2, 0) is 0 Å². The fourth-order valence-corrected chi connectivity index (χ4v) is 6.13. The molecule has 4 aromatic rings. The van der Waals surface area contributed by atoms with E-state index in [1.165, 1.54) is 21.5 Å². The predicted molar refractivity (Wildman–Crippen MR) is 133 cm³/mol. The van der Waals surface area contributed by atoms with Crippen LogP contribution in [0.3, 0.4) is 0 Å². The van der Waals surface area contributed by atoms with E-state index in [2.05, 4.69) is 91.9 Å². The van der Waals surface area contributed by atoms with Crippen molar-refractivity contribution in [2.24, 2.45) is 4.99 Å². The zero-order valence-corrected chi connectivity index (χ0v) is 18.5. The molecule has 0 aliphatic heterocycles. The van der Waals surface area contributed by atoms with E-state index in [1.54, 1.807) is 0 Å². The minimum atomic E-state index is -0.660. The van der Waals surface area contributed by atoms with Crippen LogP contribution in [0.15, 0.2) is 114 Å². The van der Waals surface area contributed by atoms with Gasteiger partial charge in [-0.2, -0.15) is 0 Å². The minimum absolute atomic E-state index is 0.0503. The summed E-state index contributed by atoms with van der Waals surface area (Å²) in [4.78, 5) is 4.87. The molecule has 4 aromatic carbocycles. The summed E-state index contributed by atoms with van der Waals surface area (Å²) < 4.78 is 0. The molecule has 0 heterocycles. The van der Waals surface area contributed by atoms with Gasteiger partial charge in [0.05, 0.1) is 6.04 Å². The molecule has 0 aliphatic carbocycles. The molecule has 0 fully saturated rings. The number of hydrogen-bond donors (Lipinski definition) is 0. The zero-order valence-electron chi connectivity index (χ0n) is 16.8. The molecule has 1 nitrogen and oxygen atoms in total. The van der Waals surface area contributed by atoms with Gasteiger partial charge in [-0.1, -0.05) is 109 Å². The Morgan fingerprint density at radius 1 is 0.700 bits per heavy atom. The van der Waals surface area contributed by atoms with Gasteiger partial charge in [0.2, 0.25) is 0 Å². The van der Waals surface area contributed by atoms with Crippen molar-refractivity contribution in [2.45, 2.75) is 13.0 Å². The Bertz CT molecular complexity index is 1070. The first kappa shape index (κ1) is 20.5. The number of rotatable bonds is 6. The maximum absolute atomic E-state index is 6.00. The maximum Gasteiger partial charge on any atom is 0.0727 e. The first-order valence-corrected chi connectivity index (χ1v) is 11.7. The van der Waals surface area contributed by atoms with E-state index in [1.807, 2.05) is 30.5 Å². The Hall–Kier alpha value is -2.73. The van der Waals surface area contributed by atoms with Gasteiger partial charge in [-0.05, 0) is 54.0 Å². The lowest BCUT2D eigenvalue weighted by Crippen LogP contribution is -2.23. The van der Waals surface area contributed by atoms with Gasteiger partial charge < -0.3 is 0 Å². The Balaban J connectivity index is 1.74. The van der Waals surface area contributed by atoms with Crippen LogP contribution in [0.5, 0.6) is 0 Å². The molecule has 148 valence electrons. The van der Waals surface area contributed by atoms with E-state index < -0.39 is 7.92 Å². The third-order valence-electron chi connectivity index (χ3n) is 4.97. The summed E-state index contributed by atoms with van der Waals surface area (Å²) in [5.74, 6) is 0. The second-order valence-electron chi connectivity index (χ2n) is 7.07. The number of nitrogens with zero attached hydrogens (tertiary/aromatic N) is 1. The maximum atomic E-state index is 6.00. The van der Waals surface area contributed by atoms with Crippen molar-refractivity contribution in [1.82, 2.24) is 0 Å². The molecule has 30 heavy (non-hydrogen) atoms. The van der Waals surface area contributed by atoms with Crippen molar-refractivity contribution in [3.05, 3.63) is 125 Å². The molecule has 0 bridgehead atoms. The van der Waals surface area contributed by atoms with Crippen molar-refractivity contribution >= 4 is 41.7 Å². The van der Waals surface area contributed by atoms with E-state index in [4.69, 9.17) is 16.6 Å². The lowest BCUT2D eigenvalue weighted by molar-refractivity contribution is 0.831. The standard InChI is InChI=1S/C27H23ClNP/c1-21(29-20-22-16-18-23(28)19-17-22)26-14-8-9-15-27(26)30(24-10-4-2-5-11-24)25-12-6-3-7-13-25/h2-21H,1H3/t21-/m0/s1. The normalized spacial score (nSPS) is 12.4. The number of hydrogen-bond acceptors (Lipinski definition) is 1. The van der Waals surface area contributed by atoms with E-state index in [9.17, 15) is 0 Å². The van der Waals surface area contributed by atoms with Crippen molar-refractivity contribution in [1.29, 1.82) is 0 Å². The number of benzene rings is 4. The van der Waals surface area contributed by atoms with Gasteiger partial charge in [-0.15, -0.1) is 0 Å². The predicted octanol–water partition coefficient (Wildman–Crippen LogP) is 6.28. The Morgan fingerprint density at radius 2 is 1.23 bits per heavy atom. The highest BCUT2D eigenvalue weighted by Crippen LogP contribution is 2.36. The van der Waals surface area contributed by atoms with E-state index in [0.29, 0.717) is 0 Å². The molecule has 0 saturated heterocycles. The van der Waals surface area contributed by atoms with Gasteiger partial charge in [-0.3, -0.25) is 4.99 Å². The fraction of sp³-hybridized carbons (Fsp3) is 0.0741. The second-order valence-corrected chi connectivity index (χ2v) is 9.69. The van der Waals surface area contributed by atoms with Crippen molar-refractivity contribution in [2.75, 3.05) is 0 Å². The van der Waals surface area contributed by atoms with Crippen LogP contribution in [-0.4, -0.2) is 6.21 Å². The van der Waals surface area contributed by atoms with Crippen LogP contribution < -0.4 is 15.9 Å². The molecule has 3 heteroatoms. The monoisotopic (exact) mass is 427 g/mol. The molecule has 0 radical (unpaired) electrons. The summed E-state index contributed by atoms with van der Waals surface area (Å²) in [6.07, 6.45) is 1.94. The second kappa shape index (κ2) is 9.85. The molecule has 0 aromatic heterocycles. The van der Waals surface area contributed by atoms with Crippen molar-refractivity contribution in [3.8, 4) is 0 Å². The molecule has 0 saturated carbocycles. The van der Waals surface area contributed by atoms with Gasteiger partial charge in [-0.25, -0.2) is 0 Å². The Labute approximate surface area is 184 Å². The highest BCUT2D eigenvalue weighted by atomic mass is 35.5. The van der Waals surface area contributed by atoms with Gasteiger partial charge in [0, 0.05) is 11.2 Å². The summed E-state index contributed by atoms with van der Waals surface area (Å²) in [7, 11) is -0.660. The number of aliphatic imine (C=N–C) groups is 1. The molecule has 0 spiro atoms. The van der Waals surface area contributed by atoms with Crippen LogP contribution in [0.4, 0.5) is 0 Å². The van der Waals surface area contributed by atoms with Crippen LogP contribution in [0.25, 0.3) is 0 Å². The molecule has 0 N–H and O–H groups in total. The Kier molecular flexibility index (Phi) is 6.74. The fourth-order valence-electron chi connectivity index (χ4n) is 3.45. The first-order valence-electron chi connectivity index (χ1n) is 10.0. The van der Waals surface area contributed by atoms with Crippen molar-refractivity contribution in [3.63, 3.8) is 0 Å². The van der Waals surface area contributed by atoms with Gasteiger partial charge in [0.15, 0.2) is 0 Å². The summed E-state index contributed by atoms with van der Waals surface area (Å²) in [5.41, 5.74) is 2.32.